The lowest BCUT2D eigenvalue weighted by molar-refractivity contribution is 0.0879. The second-order valence-corrected chi connectivity index (χ2v) is 7.68. The van der Waals surface area contributed by atoms with E-state index in [1.807, 2.05) is 42.5 Å². The number of H-pyrrole nitrogens is 1. The molecule has 2 aromatic carbocycles. The fourth-order valence-corrected chi connectivity index (χ4v) is 4.18. The highest BCUT2D eigenvalue weighted by Gasteiger charge is 2.23. The summed E-state index contributed by atoms with van der Waals surface area (Å²) < 4.78 is 11.8. The van der Waals surface area contributed by atoms with Crippen molar-refractivity contribution in [3.05, 3.63) is 65.9 Å². The van der Waals surface area contributed by atoms with Crippen molar-refractivity contribution in [1.29, 1.82) is 5.26 Å². The van der Waals surface area contributed by atoms with Gasteiger partial charge in [0.1, 0.15) is 12.7 Å². The van der Waals surface area contributed by atoms with Crippen molar-refractivity contribution in [2.24, 2.45) is 0 Å². The van der Waals surface area contributed by atoms with Gasteiger partial charge >= 0.3 is 0 Å². The molecule has 2 N–H and O–H groups in total. The van der Waals surface area contributed by atoms with E-state index in [1.54, 1.807) is 0 Å². The molecule has 1 aliphatic heterocycles. The van der Waals surface area contributed by atoms with Gasteiger partial charge in [-0.1, -0.05) is 18.2 Å². The number of rotatable bonds is 4. The van der Waals surface area contributed by atoms with Crippen LogP contribution in [-0.2, 0) is 0 Å². The van der Waals surface area contributed by atoms with E-state index in [2.05, 4.69) is 28.6 Å². The van der Waals surface area contributed by atoms with Crippen LogP contribution in [0.4, 0.5) is 0 Å². The molecule has 1 aromatic heterocycles. The van der Waals surface area contributed by atoms with Crippen LogP contribution >= 0.6 is 0 Å². The molecule has 146 valence electrons. The number of hydrogen-bond acceptors (Lipinski definition) is 4. The first-order valence-electron chi connectivity index (χ1n) is 10.1. The van der Waals surface area contributed by atoms with Gasteiger partial charge in [0, 0.05) is 35.2 Å². The summed E-state index contributed by atoms with van der Waals surface area (Å²) >= 11 is 0. The zero-order chi connectivity index (χ0) is 19.6. The van der Waals surface area contributed by atoms with Gasteiger partial charge in [-0.2, -0.15) is 5.26 Å². The number of aromatic nitrogens is 1. The van der Waals surface area contributed by atoms with Gasteiger partial charge in [0.05, 0.1) is 11.6 Å². The smallest absolute Gasteiger partial charge is 0.161 e. The van der Waals surface area contributed by atoms with E-state index in [0.29, 0.717) is 18.2 Å². The maximum Gasteiger partial charge on any atom is 0.161 e. The Balaban J connectivity index is 1.21. The van der Waals surface area contributed by atoms with Gasteiger partial charge in [0.25, 0.3) is 0 Å². The number of para-hydroxylation sites is 2. The largest absolute Gasteiger partial charge is 0.486 e. The van der Waals surface area contributed by atoms with Crippen LogP contribution in [0.15, 0.2) is 54.7 Å². The van der Waals surface area contributed by atoms with Crippen LogP contribution in [-0.4, -0.2) is 30.3 Å². The third kappa shape index (κ3) is 3.59. The summed E-state index contributed by atoms with van der Waals surface area (Å²) in [6, 6.07) is 16.3. The van der Waals surface area contributed by atoms with Gasteiger partial charge in [-0.25, -0.2) is 0 Å². The lowest BCUT2D eigenvalue weighted by Crippen LogP contribution is -2.42. The predicted octanol–water partition coefficient (Wildman–Crippen LogP) is 4.41. The van der Waals surface area contributed by atoms with E-state index in [0.717, 1.165) is 48.2 Å². The molecule has 0 fully saturated rings. The number of ether oxygens (including phenoxy) is 2. The number of allylic oxidation sites excluding steroid dienone is 1. The second kappa shape index (κ2) is 7.65. The maximum absolute atomic E-state index is 9.19. The van der Waals surface area contributed by atoms with Gasteiger partial charge < -0.3 is 19.8 Å². The Labute approximate surface area is 169 Å². The minimum absolute atomic E-state index is 0.0355. The molecule has 5 rings (SSSR count). The first-order valence-corrected chi connectivity index (χ1v) is 10.1. The molecule has 5 heteroatoms. The molecule has 0 saturated heterocycles. The van der Waals surface area contributed by atoms with E-state index in [4.69, 9.17) is 9.47 Å². The Morgan fingerprint density at radius 2 is 2.07 bits per heavy atom. The molecule has 0 amide bonds. The molecule has 3 aromatic rings. The Hall–Kier alpha value is -3.23. The molecule has 2 aliphatic rings. The summed E-state index contributed by atoms with van der Waals surface area (Å²) in [4.78, 5) is 3.33. The fourth-order valence-electron chi connectivity index (χ4n) is 4.18. The van der Waals surface area contributed by atoms with Crippen molar-refractivity contribution in [3.8, 4) is 17.6 Å². The Bertz CT molecular complexity index is 1110. The molecule has 2 unspecified atom stereocenters. The summed E-state index contributed by atoms with van der Waals surface area (Å²) in [6.45, 7) is 1.36. The average Bonchev–Trinajstić information content (AvgIpc) is 3.21. The highest BCUT2D eigenvalue weighted by molar-refractivity contribution is 5.93. The first-order chi connectivity index (χ1) is 14.3. The van der Waals surface area contributed by atoms with Gasteiger partial charge in [-0.05, 0) is 55.2 Å². The average molecular weight is 385 g/mol. The Morgan fingerprint density at radius 1 is 1.17 bits per heavy atom. The number of aromatic amines is 1. The van der Waals surface area contributed by atoms with Gasteiger partial charge in [-0.3, -0.25) is 0 Å². The molecular formula is C24H23N3O2. The van der Waals surface area contributed by atoms with Crippen molar-refractivity contribution in [1.82, 2.24) is 10.3 Å². The van der Waals surface area contributed by atoms with E-state index in [9.17, 15) is 5.26 Å². The zero-order valence-electron chi connectivity index (χ0n) is 16.2. The van der Waals surface area contributed by atoms with Crippen LogP contribution in [0.1, 0.15) is 30.4 Å². The predicted molar refractivity (Wildman–Crippen MR) is 113 cm³/mol. The maximum atomic E-state index is 9.19. The quantitative estimate of drug-likeness (QED) is 0.698. The van der Waals surface area contributed by atoms with Crippen molar-refractivity contribution >= 4 is 16.5 Å². The minimum atomic E-state index is 0.0355. The van der Waals surface area contributed by atoms with E-state index in [-0.39, 0.29) is 6.10 Å². The fraction of sp³-hybridized carbons (Fsp3) is 0.292. The molecule has 29 heavy (non-hydrogen) atoms. The molecule has 1 aliphatic carbocycles. The van der Waals surface area contributed by atoms with Crippen LogP contribution in [0.2, 0.25) is 0 Å². The SMILES string of the molecule is N#Cc1ccc2[nH]cc(C3=CCC(NCC4COc5ccccc5O4)CC3)c2c1. The molecule has 2 heterocycles. The third-order valence-corrected chi connectivity index (χ3v) is 5.77. The monoisotopic (exact) mass is 385 g/mol. The van der Waals surface area contributed by atoms with Crippen LogP contribution in [0.3, 0.4) is 0 Å². The lowest BCUT2D eigenvalue weighted by Gasteiger charge is -2.29. The van der Waals surface area contributed by atoms with Crippen molar-refractivity contribution in [3.63, 3.8) is 0 Å². The van der Waals surface area contributed by atoms with Crippen LogP contribution < -0.4 is 14.8 Å². The Morgan fingerprint density at radius 3 is 2.90 bits per heavy atom. The third-order valence-electron chi connectivity index (χ3n) is 5.77. The molecule has 2 atom stereocenters. The zero-order valence-corrected chi connectivity index (χ0v) is 16.2. The summed E-state index contributed by atoms with van der Waals surface area (Å²) in [7, 11) is 0. The summed E-state index contributed by atoms with van der Waals surface area (Å²) in [5, 5.41) is 14.0. The highest BCUT2D eigenvalue weighted by atomic mass is 16.6. The topological polar surface area (TPSA) is 70.1 Å². The van der Waals surface area contributed by atoms with Crippen LogP contribution in [0.5, 0.6) is 11.5 Å². The molecule has 0 bridgehead atoms. The standard InChI is InChI=1S/C24H23N3O2/c25-12-16-5-10-22-20(11-16)21(14-27-22)17-6-8-18(9-7-17)26-13-19-15-28-23-3-1-2-4-24(23)29-19/h1-6,10-11,14,18-19,26-27H,7-9,13,15H2. The molecule has 0 radical (unpaired) electrons. The lowest BCUT2D eigenvalue weighted by atomic mass is 9.90. The molecule has 5 nitrogen and oxygen atoms in total. The van der Waals surface area contributed by atoms with Crippen molar-refractivity contribution in [2.45, 2.75) is 31.4 Å². The second-order valence-electron chi connectivity index (χ2n) is 7.68. The first kappa shape index (κ1) is 17.8. The summed E-state index contributed by atoms with van der Waals surface area (Å²) in [6.07, 6.45) is 7.52. The van der Waals surface area contributed by atoms with Crippen molar-refractivity contribution < 1.29 is 9.47 Å². The van der Waals surface area contributed by atoms with Gasteiger partial charge in [0.2, 0.25) is 0 Å². The molecule has 0 saturated carbocycles. The Kier molecular flexibility index (Phi) is 4.71. The summed E-state index contributed by atoms with van der Waals surface area (Å²) in [5.41, 5.74) is 4.35. The van der Waals surface area contributed by atoms with E-state index < -0.39 is 0 Å². The van der Waals surface area contributed by atoms with Gasteiger partial charge in [-0.15, -0.1) is 0 Å². The minimum Gasteiger partial charge on any atom is -0.486 e. The highest BCUT2D eigenvalue weighted by Crippen LogP contribution is 2.33. The van der Waals surface area contributed by atoms with Crippen LogP contribution in [0, 0.1) is 11.3 Å². The normalized spacial score (nSPS) is 20.9. The number of benzene rings is 2. The van der Waals surface area contributed by atoms with Crippen LogP contribution in [0.25, 0.3) is 16.5 Å². The number of nitriles is 1. The molecule has 0 spiro atoms. The van der Waals surface area contributed by atoms with Gasteiger partial charge in [0.15, 0.2) is 11.5 Å². The van der Waals surface area contributed by atoms with Crippen molar-refractivity contribution in [2.75, 3.05) is 13.2 Å². The number of hydrogen-bond donors (Lipinski definition) is 2. The summed E-state index contributed by atoms with van der Waals surface area (Å²) in [5.74, 6) is 1.65. The number of fused-ring (bicyclic) bond motifs is 2. The number of nitrogens with one attached hydrogen (secondary N) is 2. The van der Waals surface area contributed by atoms with E-state index >= 15 is 0 Å². The molecular weight excluding hydrogens is 362 g/mol. The van der Waals surface area contributed by atoms with E-state index in [1.165, 1.54) is 11.1 Å². The number of nitrogens with zero attached hydrogens (tertiary/aromatic N) is 1.